The normalized spacial score (nSPS) is 17.3. The molecule has 1 aliphatic heterocycles. The number of benzene rings is 2. The molecule has 6 nitrogen and oxygen atoms in total. The van der Waals surface area contributed by atoms with Gasteiger partial charge in [0.1, 0.15) is 35.1 Å². The van der Waals surface area contributed by atoms with Gasteiger partial charge in [-0.05, 0) is 49.9 Å². The Bertz CT molecular complexity index is 1220. The second kappa shape index (κ2) is 9.09. The van der Waals surface area contributed by atoms with Gasteiger partial charge in [-0.3, -0.25) is 14.6 Å². The SMILES string of the molecule is N#Cc1ccc(C2=NC3(CCCCC3)N(CC(=O)Nc3cc(F)c(C(F)(F)F)c(F)c3)C2=O)cc1. The maximum atomic E-state index is 13.9. The number of nitrogens with zero attached hydrogens (tertiary/aromatic N) is 3. The van der Waals surface area contributed by atoms with Crippen molar-refractivity contribution in [1.82, 2.24) is 4.90 Å². The Hall–Kier alpha value is -3.81. The molecule has 182 valence electrons. The Labute approximate surface area is 197 Å². The molecule has 0 bridgehead atoms. The highest BCUT2D eigenvalue weighted by Gasteiger charge is 2.48. The van der Waals surface area contributed by atoms with E-state index in [2.05, 4.69) is 10.3 Å². The van der Waals surface area contributed by atoms with Crippen LogP contribution in [0.15, 0.2) is 41.4 Å². The molecule has 0 radical (unpaired) electrons. The summed E-state index contributed by atoms with van der Waals surface area (Å²) < 4.78 is 66.2. The number of aliphatic imine (C=N–C) groups is 1. The van der Waals surface area contributed by atoms with Crippen molar-refractivity contribution in [3.63, 3.8) is 0 Å². The quantitative estimate of drug-likeness (QED) is 0.626. The second-order valence-electron chi connectivity index (χ2n) is 8.44. The molecule has 4 rings (SSSR count). The number of rotatable bonds is 4. The highest BCUT2D eigenvalue weighted by Crippen LogP contribution is 2.40. The fourth-order valence-corrected chi connectivity index (χ4v) is 4.50. The Balaban J connectivity index is 1.57. The lowest BCUT2D eigenvalue weighted by Crippen LogP contribution is -2.51. The van der Waals surface area contributed by atoms with Crippen molar-refractivity contribution in [2.75, 3.05) is 11.9 Å². The zero-order chi connectivity index (χ0) is 25.4. The average Bonchev–Trinajstić information content (AvgIpc) is 3.04. The van der Waals surface area contributed by atoms with Crippen LogP contribution in [0.25, 0.3) is 0 Å². The summed E-state index contributed by atoms with van der Waals surface area (Å²) in [5, 5.41) is 11.2. The Kier molecular flexibility index (Phi) is 6.32. The molecule has 0 atom stereocenters. The fourth-order valence-electron chi connectivity index (χ4n) is 4.50. The predicted octanol–water partition coefficient (Wildman–Crippen LogP) is 4.79. The summed E-state index contributed by atoms with van der Waals surface area (Å²) in [6.07, 6.45) is -1.74. The van der Waals surface area contributed by atoms with Crippen molar-refractivity contribution in [1.29, 1.82) is 5.26 Å². The van der Waals surface area contributed by atoms with E-state index in [1.165, 1.54) is 4.90 Å². The lowest BCUT2D eigenvalue weighted by Gasteiger charge is -2.38. The first kappa shape index (κ1) is 24.3. The molecule has 2 amide bonds. The van der Waals surface area contributed by atoms with Crippen molar-refractivity contribution in [3.8, 4) is 6.07 Å². The van der Waals surface area contributed by atoms with Crippen LogP contribution in [0.5, 0.6) is 0 Å². The Morgan fingerprint density at radius 1 is 1.09 bits per heavy atom. The number of hydrogen-bond donors (Lipinski definition) is 1. The van der Waals surface area contributed by atoms with Crippen LogP contribution in [-0.2, 0) is 15.8 Å². The molecular formula is C24H19F5N4O2. The number of alkyl halides is 3. The van der Waals surface area contributed by atoms with E-state index in [0.29, 0.717) is 36.1 Å². The smallest absolute Gasteiger partial charge is 0.324 e. The van der Waals surface area contributed by atoms with Gasteiger partial charge in [-0.15, -0.1) is 0 Å². The maximum absolute atomic E-state index is 13.9. The number of carbonyl (C=O) groups is 2. The third kappa shape index (κ3) is 4.73. The highest BCUT2D eigenvalue weighted by atomic mass is 19.4. The lowest BCUT2D eigenvalue weighted by atomic mass is 9.88. The first-order valence-electron chi connectivity index (χ1n) is 10.8. The summed E-state index contributed by atoms with van der Waals surface area (Å²) in [5.41, 5.74) is -2.50. The number of nitrogens with one attached hydrogen (secondary N) is 1. The maximum Gasteiger partial charge on any atom is 0.422 e. The summed E-state index contributed by atoms with van der Waals surface area (Å²) in [6.45, 7) is -0.508. The summed E-state index contributed by atoms with van der Waals surface area (Å²) in [5.74, 6) is -5.07. The number of anilines is 1. The minimum atomic E-state index is -5.23. The summed E-state index contributed by atoms with van der Waals surface area (Å²) in [6, 6.07) is 9.01. The van der Waals surface area contributed by atoms with Crippen LogP contribution in [0.4, 0.5) is 27.6 Å². The minimum Gasteiger partial charge on any atom is -0.324 e. The van der Waals surface area contributed by atoms with Gasteiger partial charge in [-0.2, -0.15) is 18.4 Å². The van der Waals surface area contributed by atoms with Crippen LogP contribution >= 0.6 is 0 Å². The van der Waals surface area contributed by atoms with Crippen LogP contribution in [0.1, 0.15) is 48.8 Å². The number of hydrogen-bond acceptors (Lipinski definition) is 4. The van der Waals surface area contributed by atoms with E-state index < -0.39 is 53.1 Å². The van der Waals surface area contributed by atoms with E-state index >= 15 is 0 Å². The van der Waals surface area contributed by atoms with Gasteiger partial charge in [0.2, 0.25) is 5.91 Å². The van der Waals surface area contributed by atoms with E-state index in [0.717, 1.165) is 19.3 Å². The fraction of sp³-hybridized carbons (Fsp3) is 0.333. The van der Waals surface area contributed by atoms with Gasteiger partial charge in [0.25, 0.3) is 5.91 Å². The summed E-state index contributed by atoms with van der Waals surface area (Å²) in [4.78, 5) is 32.0. The molecule has 2 aromatic carbocycles. The highest BCUT2D eigenvalue weighted by molar-refractivity contribution is 6.47. The molecule has 1 saturated carbocycles. The molecule has 1 spiro atoms. The minimum absolute atomic E-state index is 0.135. The molecule has 1 N–H and O–H groups in total. The zero-order valence-electron chi connectivity index (χ0n) is 18.3. The monoisotopic (exact) mass is 490 g/mol. The molecule has 1 heterocycles. The lowest BCUT2D eigenvalue weighted by molar-refractivity contribution is -0.142. The average molecular weight is 490 g/mol. The van der Waals surface area contributed by atoms with Crippen LogP contribution < -0.4 is 5.32 Å². The van der Waals surface area contributed by atoms with Crippen molar-refractivity contribution in [3.05, 3.63) is 64.7 Å². The Morgan fingerprint density at radius 2 is 1.69 bits per heavy atom. The molecule has 0 unspecified atom stereocenters. The number of halogens is 5. The molecule has 0 saturated heterocycles. The van der Waals surface area contributed by atoms with E-state index in [4.69, 9.17) is 5.26 Å². The van der Waals surface area contributed by atoms with Crippen molar-refractivity contribution in [2.45, 2.75) is 43.9 Å². The van der Waals surface area contributed by atoms with E-state index in [1.54, 1.807) is 24.3 Å². The van der Waals surface area contributed by atoms with Gasteiger partial charge in [-0.25, -0.2) is 8.78 Å². The first-order valence-corrected chi connectivity index (χ1v) is 10.8. The van der Waals surface area contributed by atoms with Gasteiger partial charge >= 0.3 is 6.18 Å². The second-order valence-corrected chi connectivity index (χ2v) is 8.44. The van der Waals surface area contributed by atoms with E-state index in [9.17, 15) is 31.5 Å². The van der Waals surface area contributed by atoms with E-state index in [-0.39, 0.29) is 5.71 Å². The molecule has 2 aromatic rings. The van der Waals surface area contributed by atoms with E-state index in [1.807, 2.05) is 6.07 Å². The van der Waals surface area contributed by atoms with Crippen molar-refractivity contribution < 1.29 is 31.5 Å². The molecule has 1 fully saturated rings. The standard InChI is InChI=1S/C24H19F5N4O2/c25-17-10-16(11-18(26)20(17)24(27,28)29)31-19(34)13-33-22(35)21(15-6-4-14(12-30)5-7-15)32-23(33)8-2-1-3-9-23/h4-7,10-11H,1-3,8-9,13H2,(H,31,34). The number of nitriles is 1. The molecule has 11 heteroatoms. The van der Waals surface area contributed by atoms with Gasteiger partial charge in [0.15, 0.2) is 0 Å². The first-order chi connectivity index (χ1) is 16.5. The van der Waals surface area contributed by atoms with Crippen LogP contribution in [0.2, 0.25) is 0 Å². The third-order valence-electron chi connectivity index (χ3n) is 6.12. The summed E-state index contributed by atoms with van der Waals surface area (Å²) >= 11 is 0. The topological polar surface area (TPSA) is 85.6 Å². The third-order valence-corrected chi connectivity index (χ3v) is 6.12. The number of carbonyl (C=O) groups excluding carboxylic acids is 2. The van der Waals surface area contributed by atoms with Crippen LogP contribution in [0.3, 0.4) is 0 Å². The largest absolute Gasteiger partial charge is 0.422 e. The van der Waals surface area contributed by atoms with Gasteiger partial charge in [0, 0.05) is 11.3 Å². The van der Waals surface area contributed by atoms with Crippen LogP contribution in [-0.4, -0.2) is 34.6 Å². The van der Waals surface area contributed by atoms with Gasteiger partial charge < -0.3 is 10.2 Å². The van der Waals surface area contributed by atoms with Gasteiger partial charge in [0.05, 0.1) is 11.6 Å². The molecule has 0 aromatic heterocycles. The molecule has 35 heavy (non-hydrogen) atoms. The Morgan fingerprint density at radius 3 is 2.23 bits per heavy atom. The van der Waals surface area contributed by atoms with Crippen LogP contribution in [0, 0.1) is 23.0 Å². The number of amides is 2. The van der Waals surface area contributed by atoms with Gasteiger partial charge in [-0.1, -0.05) is 18.6 Å². The van der Waals surface area contributed by atoms with Crippen molar-refractivity contribution in [2.24, 2.45) is 4.99 Å². The molecule has 2 aliphatic rings. The summed E-state index contributed by atoms with van der Waals surface area (Å²) in [7, 11) is 0. The molecular weight excluding hydrogens is 471 g/mol. The zero-order valence-corrected chi connectivity index (χ0v) is 18.3. The van der Waals surface area contributed by atoms with Crippen molar-refractivity contribution >= 4 is 23.2 Å². The predicted molar refractivity (Wildman–Crippen MR) is 115 cm³/mol. The molecule has 1 aliphatic carbocycles.